The molecule has 0 amide bonds. The second-order valence-corrected chi connectivity index (χ2v) is 3.59. The molecule has 8 heteroatoms. The van der Waals surface area contributed by atoms with Gasteiger partial charge in [-0.15, -0.1) is 0 Å². The summed E-state index contributed by atoms with van der Waals surface area (Å²) in [5.74, 6) is -4.83. The van der Waals surface area contributed by atoms with Crippen LogP contribution in [0.5, 0.6) is 0 Å². The molecule has 0 aliphatic heterocycles. The van der Waals surface area contributed by atoms with E-state index in [1.807, 2.05) is 0 Å². The van der Waals surface area contributed by atoms with Crippen LogP contribution < -0.4 is 0 Å². The van der Waals surface area contributed by atoms with E-state index < -0.39 is 17.8 Å². The molecule has 0 bridgehead atoms. The standard InChI is InChI=1S/C10H7F5N2O/c1-17-6(7-3-2-4-18-7)5-8(16-17)9(11,12)10(13,14)15/h2-5H,1H3. The van der Waals surface area contributed by atoms with E-state index >= 15 is 0 Å². The van der Waals surface area contributed by atoms with Gasteiger partial charge < -0.3 is 4.42 Å². The molecule has 0 unspecified atom stereocenters. The lowest BCUT2D eigenvalue weighted by atomic mass is 10.2. The lowest BCUT2D eigenvalue weighted by Gasteiger charge is -2.16. The first-order valence-corrected chi connectivity index (χ1v) is 4.76. The van der Waals surface area contributed by atoms with Gasteiger partial charge in [-0.2, -0.15) is 27.1 Å². The molecule has 0 aliphatic carbocycles. The van der Waals surface area contributed by atoms with Crippen LogP contribution in [0.25, 0.3) is 11.5 Å². The van der Waals surface area contributed by atoms with Crippen molar-refractivity contribution in [3.8, 4) is 11.5 Å². The SMILES string of the molecule is Cn1nc(C(F)(F)C(F)(F)F)cc1-c1ccco1. The number of aryl methyl sites for hydroxylation is 1. The Morgan fingerprint density at radius 2 is 1.89 bits per heavy atom. The third-order valence-electron chi connectivity index (χ3n) is 2.33. The van der Waals surface area contributed by atoms with Gasteiger partial charge in [-0.3, -0.25) is 4.68 Å². The van der Waals surface area contributed by atoms with E-state index in [-0.39, 0.29) is 11.5 Å². The fourth-order valence-electron chi connectivity index (χ4n) is 1.42. The molecule has 2 aromatic rings. The predicted molar refractivity (Wildman–Crippen MR) is 50.9 cm³/mol. The summed E-state index contributed by atoms with van der Waals surface area (Å²) in [6, 6.07) is 3.59. The van der Waals surface area contributed by atoms with E-state index in [0.717, 1.165) is 4.68 Å². The molecule has 0 saturated heterocycles. The monoisotopic (exact) mass is 266 g/mol. The van der Waals surface area contributed by atoms with Gasteiger partial charge in [0.1, 0.15) is 11.4 Å². The maximum Gasteiger partial charge on any atom is 0.459 e. The van der Waals surface area contributed by atoms with E-state index in [1.165, 1.54) is 25.4 Å². The Morgan fingerprint density at radius 3 is 2.39 bits per heavy atom. The van der Waals surface area contributed by atoms with Gasteiger partial charge in [0, 0.05) is 7.05 Å². The highest BCUT2D eigenvalue weighted by atomic mass is 19.4. The minimum Gasteiger partial charge on any atom is -0.463 e. The molecule has 0 fully saturated rings. The lowest BCUT2D eigenvalue weighted by Crippen LogP contribution is -2.34. The Bertz CT molecular complexity index is 541. The van der Waals surface area contributed by atoms with Crippen LogP contribution in [-0.2, 0) is 13.0 Å². The largest absolute Gasteiger partial charge is 0.463 e. The maximum atomic E-state index is 13.1. The van der Waals surface area contributed by atoms with Crippen molar-refractivity contribution in [3.63, 3.8) is 0 Å². The van der Waals surface area contributed by atoms with Gasteiger partial charge in [-0.25, -0.2) is 0 Å². The van der Waals surface area contributed by atoms with Crippen LogP contribution in [-0.4, -0.2) is 16.0 Å². The van der Waals surface area contributed by atoms with Crippen molar-refractivity contribution in [2.75, 3.05) is 0 Å². The molecule has 98 valence electrons. The van der Waals surface area contributed by atoms with Crippen molar-refractivity contribution in [2.24, 2.45) is 7.05 Å². The zero-order valence-corrected chi connectivity index (χ0v) is 9.00. The fraction of sp³-hybridized carbons (Fsp3) is 0.300. The van der Waals surface area contributed by atoms with Gasteiger partial charge in [-0.05, 0) is 18.2 Å². The number of nitrogens with zero attached hydrogens (tertiary/aromatic N) is 2. The van der Waals surface area contributed by atoms with Crippen LogP contribution in [0.4, 0.5) is 22.0 Å². The first-order valence-electron chi connectivity index (χ1n) is 4.76. The second-order valence-electron chi connectivity index (χ2n) is 3.59. The molecule has 2 heterocycles. The quantitative estimate of drug-likeness (QED) is 0.780. The van der Waals surface area contributed by atoms with Crippen molar-refractivity contribution < 1.29 is 26.4 Å². The van der Waals surface area contributed by atoms with Crippen molar-refractivity contribution in [2.45, 2.75) is 12.1 Å². The van der Waals surface area contributed by atoms with E-state index in [0.29, 0.717) is 6.07 Å². The summed E-state index contributed by atoms with van der Waals surface area (Å²) >= 11 is 0. The lowest BCUT2D eigenvalue weighted by molar-refractivity contribution is -0.291. The molecule has 0 aliphatic rings. The first-order chi connectivity index (χ1) is 8.23. The predicted octanol–water partition coefficient (Wildman–Crippen LogP) is 3.33. The number of halogens is 5. The van der Waals surface area contributed by atoms with Gasteiger partial charge >= 0.3 is 12.1 Å². The highest BCUT2D eigenvalue weighted by molar-refractivity contribution is 5.53. The minimum absolute atomic E-state index is 0.0407. The number of hydrogen-bond donors (Lipinski definition) is 0. The van der Waals surface area contributed by atoms with Crippen LogP contribution in [0, 0.1) is 0 Å². The Kier molecular flexibility index (Phi) is 2.67. The third kappa shape index (κ3) is 1.87. The van der Waals surface area contributed by atoms with Gasteiger partial charge in [-0.1, -0.05) is 0 Å². The number of furan rings is 1. The van der Waals surface area contributed by atoms with E-state index in [1.54, 1.807) is 0 Å². The molecular weight excluding hydrogens is 259 g/mol. The van der Waals surface area contributed by atoms with E-state index in [4.69, 9.17) is 4.42 Å². The Hall–Kier alpha value is -1.86. The zero-order valence-electron chi connectivity index (χ0n) is 9.00. The molecule has 0 radical (unpaired) electrons. The normalized spacial score (nSPS) is 13.0. The van der Waals surface area contributed by atoms with Crippen LogP contribution in [0.3, 0.4) is 0 Å². The summed E-state index contributed by atoms with van der Waals surface area (Å²) in [6.07, 6.45) is -4.40. The molecule has 0 spiro atoms. The molecule has 0 atom stereocenters. The summed E-state index contributed by atoms with van der Waals surface area (Å²) in [5.41, 5.74) is -1.32. The molecule has 3 nitrogen and oxygen atoms in total. The van der Waals surface area contributed by atoms with E-state index in [9.17, 15) is 22.0 Å². The highest BCUT2D eigenvalue weighted by Crippen LogP contribution is 2.43. The summed E-state index contributed by atoms with van der Waals surface area (Å²) in [7, 11) is 1.26. The Balaban J connectivity index is 2.47. The molecule has 18 heavy (non-hydrogen) atoms. The summed E-state index contributed by atoms with van der Waals surface area (Å²) in [4.78, 5) is 0. The Morgan fingerprint density at radius 1 is 1.22 bits per heavy atom. The van der Waals surface area contributed by atoms with E-state index in [2.05, 4.69) is 5.10 Å². The minimum atomic E-state index is -5.68. The molecule has 0 N–H and O–H groups in total. The topological polar surface area (TPSA) is 31.0 Å². The van der Waals surface area contributed by atoms with Crippen molar-refractivity contribution in [1.82, 2.24) is 9.78 Å². The summed E-state index contributed by atoms with van der Waals surface area (Å²) in [6.45, 7) is 0. The first kappa shape index (κ1) is 12.6. The molecule has 2 rings (SSSR count). The average Bonchev–Trinajstić information content (AvgIpc) is 2.83. The summed E-state index contributed by atoms with van der Waals surface area (Å²) in [5, 5.41) is 3.19. The molecule has 2 aromatic heterocycles. The fourth-order valence-corrected chi connectivity index (χ4v) is 1.42. The maximum absolute atomic E-state index is 13.1. The summed E-state index contributed by atoms with van der Waals surface area (Å²) < 4.78 is 68.5. The zero-order chi connectivity index (χ0) is 13.6. The van der Waals surface area contributed by atoms with Crippen molar-refractivity contribution in [3.05, 3.63) is 30.2 Å². The van der Waals surface area contributed by atoms with Crippen LogP contribution >= 0.6 is 0 Å². The van der Waals surface area contributed by atoms with Crippen molar-refractivity contribution in [1.29, 1.82) is 0 Å². The van der Waals surface area contributed by atoms with Crippen LogP contribution in [0.15, 0.2) is 28.9 Å². The number of rotatable bonds is 2. The highest BCUT2D eigenvalue weighted by Gasteiger charge is 2.60. The number of hydrogen-bond acceptors (Lipinski definition) is 2. The molecule has 0 aromatic carbocycles. The van der Waals surface area contributed by atoms with Gasteiger partial charge in [0.2, 0.25) is 0 Å². The Labute approximate surface area is 97.8 Å². The van der Waals surface area contributed by atoms with Gasteiger partial charge in [0.25, 0.3) is 0 Å². The number of alkyl halides is 5. The van der Waals surface area contributed by atoms with Gasteiger partial charge in [0.15, 0.2) is 5.76 Å². The van der Waals surface area contributed by atoms with Crippen molar-refractivity contribution >= 4 is 0 Å². The van der Waals surface area contributed by atoms with Gasteiger partial charge in [0.05, 0.1) is 6.26 Å². The smallest absolute Gasteiger partial charge is 0.459 e. The van der Waals surface area contributed by atoms with Crippen LogP contribution in [0.2, 0.25) is 0 Å². The second kappa shape index (κ2) is 3.82. The third-order valence-corrected chi connectivity index (χ3v) is 2.33. The average molecular weight is 266 g/mol. The number of aromatic nitrogens is 2. The van der Waals surface area contributed by atoms with Crippen LogP contribution in [0.1, 0.15) is 5.69 Å². The molecular formula is C10H7F5N2O. The molecule has 0 saturated carbocycles.